The Bertz CT molecular complexity index is 1640. The first kappa shape index (κ1) is 27.7. The van der Waals surface area contributed by atoms with Gasteiger partial charge in [0.2, 0.25) is 15.9 Å². The van der Waals surface area contributed by atoms with Gasteiger partial charge in [-0.15, -0.1) is 10.3 Å². The minimum absolute atomic E-state index is 0. The molecule has 10 nitrogen and oxygen atoms in total. The smallest absolute Gasteiger partial charge is 0.514 e. The van der Waals surface area contributed by atoms with Gasteiger partial charge in [-0.05, 0) is 35.9 Å². The van der Waals surface area contributed by atoms with E-state index in [-0.39, 0.29) is 70.7 Å². The molecule has 0 saturated heterocycles. The second-order valence-electron chi connectivity index (χ2n) is 10.1. The van der Waals surface area contributed by atoms with Gasteiger partial charge in [0.25, 0.3) is 10.0 Å². The number of sulfonamides is 2. The minimum atomic E-state index is -4.35. The van der Waals surface area contributed by atoms with E-state index in [9.17, 15) is 31.1 Å². The monoisotopic (exact) mass is 566 g/mol. The summed E-state index contributed by atoms with van der Waals surface area (Å²) < 4.78 is 69.0. The molecule has 3 N–H and O–H groups in total. The zero-order valence-electron chi connectivity index (χ0n) is 21.2. The van der Waals surface area contributed by atoms with Crippen molar-refractivity contribution in [3.05, 3.63) is 71.2 Å². The maximum Gasteiger partial charge on any atom is 1.00 e. The van der Waals surface area contributed by atoms with Crippen LogP contribution in [0.4, 0.5) is 15.8 Å². The maximum atomic E-state index is 13.9. The number of aliphatic hydroxyl groups is 1. The standard InChI is InChI=1S/C25H24FN4O6S2.Li/c1-37(33,34)28-17-8-9-18-19(11-17)38(35,36)29-24(27-18)21-23(31)20-14-4-5-15(10-14)22(20)30(25(21)32)12-13-2-6-16(26)7-3-13;/h2-3,6-9,11,14-15,20,28,31H,4-5,10,12H2,1H3,(H,27,29);/q-1;+1/t14-,15+,20+;/m0./s1. The molecule has 0 unspecified atom stereocenters. The summed E-state index contributed by atoms with van der Waals surface area (Å²) in [4.78, 5) is 15.2. The molecule has 3 atom stereocenters. The molecule has 2 aliphatic heterocycles. The molecule has 0 aromatic heterocycles. The van der Waals surface area contributed by atoms with E-state index in [2.05, 4.69) is 14.4 Å². The van der Waals surface area contributed by atoms with Gasteiger partial charge in [0.05, 0.1) is 17.7 Å². The van der Waals surface area contributed by atoms with E-state index in [1.807, 2.05) is 0 Å². The molecule has 14 heteroatoms. The van der Waals surface area contributed by atoms with E-state index in [1.54, 1.807) is 17.0 Å². The number of anilines is 2. The van der Waals surface area contributed by atoms with Crippen LogP contribution < -0.4 is 28.9 Å². The molecule has 2 saturated carbocycles. The van der Waals surface area contributed by atoms with Crippen molar-refractivity contribution in [2.75, 3.05) is 16.3 Å². The number of aliphatic hydroxyl groups excluding tert-OH is 1. The van der Waals surface area contributed by atoms with Crippen molar-refractivity contribution >= 4 is 43.2 Å². The number of carbonyl (C=O) groups is 1. The number of carbonyl (C=O) groups excluding carboxylic acids is 1. The average Bonchev–Trinajstić information content (AvgIpc) is 3.45. The van der Waals surface area contributed by atoms with Crippen LogP contribution in [0, 0.1) is 29.6 Å². The van der Waals surface area contributed by atoms with Crippen molar-refractivity contribution in [3.8, 4) is 0 Å². The normalized spacial score (nSPS) is 25.4. The molecule has 0 spiro atoms. The van der Waals surface area contributed by atoms with Crippen LogP contribution in [0.5, 0.6) is 0 Å². The molecule has 0 radical (unpaired) electrons. The molecule has 2 bridgehead atoms. The van der Waals surface area contributed by atoms with E-state index < -0.39 is 37.7 Å². The number of rotatable bonds is 5. The topological polar surface area (TPSA) is 145 Å². The van der Waals surface area contributed by atoms with Crippen LogP contribution in [0.15, 0.2) is 63.1 Å². The van der Waals surface area contributed by atoms with Crippen LogP contribution in [0.25, 0.3) is 0 Å². The Balaban J connectivity index is 0.00000308. The summed E-state index contributed by atoms with van der Waals surface area (Å²) in [5.74, 6) is -1.68. The third-order valence-electron chi connectivity index (χ3n) is 7.52. The molecule has 4 aliphatic rings. The molecule has 6 rings (SSSR count). The van der Waals surface area contributed by atoms with Gasteiger partial charge in [-0.25, -0.2) is 18.9 Å². The summed E-state index contributed by atoms with van der Waals surface area (Å²) in [6, 6.07) is 10.5. The van der Waals surface area contributed by atoms with E-state index in [0.717, 1.165) is 37.6 Å². The van der Waals surface area contributed by atoms with Crippen LogP contribution in [0.2, 0.25) is 0 Å². The Morgan fingerprint density at radius 3 is 2.62 bits per heavy atom. The van der Waals surface area contributed by atoms with Crippen LogP contribution >= 0.6 is 0 Å². The van der Waals surface area contributed by atoms with E-state index in [1.165, 1.54) is 24.3 Å². The summed E-state index contributed by atoms with van der Waals surface area (Å²) in [5, 5.41) is 14.2. The van der Waals surface area contributed by atoms with Crippen molar-refractivity contribution in [2.45, 2.75) is 30.7 Å². The molecular weight excluding hydrogens is 542 g/mol. The Morgan fingerprint density at radius 1 is 1.21 bits per heavy atom. The first-order chi connectivity index (χ1) is 17.9. The van der Waals surface area contributed by atoms with Crippen molar-refractivity contribution in [1.29, 1.82) is 0 Å². The van der Waals surface area contributed by atoms with Crippen molar-refractivity contribution in [3.63, 3.8) is 0 Å². The summed E-state index contributed by atoms with van der Waals surface area (Å²) in [6.45, 7) is 0.141. The second kappa shape index (κ2) is 9.66. The number of nitrogens with zero attached hydrogens (tertiary/aromatic N) is 2. The quantitative estimate of drug-likeness (QED) is 0.345. The van der Waals surface area contributed by atoms with Crippen molar-refractivity contribution in [2.24, 2.45) is 22.2 Å². The number of amidine groups is 1. The van der Waals surface area contributed by atoms with E-state index >= 15 is 0 Å². The van der Waals surface area contributed by atoms with Crippen LogP contribution in [0.1, 0.15) is 24.8 Å². The Labute approximate surface area is 237 Å². The predicted molar refractivity (Wildman–Crippen MR) is 137 cm³/mol. The maximum absolute atomic E-state index is 13.9. The average molecular weight is 567 g/mol. The van der Waals surface area contributed by atoms with Gasteiger partial charge in [0.1, 0.15) is 16.3 Å². The fourth-order valence-corrected chi connectivity index (χ4v) is 7.76. The first-order valence-corrected chi connectivity index (χ1v) is 15.3. The number of halogens is 1. The molecule has 2 heterocycles. The first-order valence-electron chi connectivity index (χ1n) is 12.0. The largest absolute Gasteiger partial charge is 1.00 e. The molecule has 2 aliphatic carbocycles. The Kier molecular flexibility index (Phi) is 6.86. The Hall–Kier alpha value is -2.85. The summed E-state index contributed by atoms with van der Waals surface area (Å²) >= 11 is 0. The SMILES string of the molecule is CS(=O)(=O)Nc1ccc2c(c1)S(=O)(=O)N=C(C1=C(O)[C@H]3[C-]([C@@H]4CC[C@H]3C4)N(Cc3ccc(F)cc3)C1=O)N2.[Li+]. The second-order valence-corrected chi connectivity index (χ2v) is 13.4. The van der Waals surface area contributed by atoms with Gasteiger partial charge in [-0.2, -0.15) is 8.42 Å². The van der Waals surface area contributed by atoms with Crippen molar-refractivity contribution in [1.82, 2.24) is 4.90 Å². The third kappa shape index (κ3) is 4.86. The molecule has 2 aromatic carbocycles. The Morgan fingerprint density at radius 2 is 1.92 bits per heavy atom. The summed E-state index contributed by atoms with van der Waals surface area (Å²) in [7, 11) is -8.00. The van der Waals surface area contributed by atoms with Gasteiger partial charge in [0, 0.05) is 12.2 Å². The molecular formula is C25H24FLiN4O6S2. The van der Waals surface area contributed by atoms with E-state index in [4.69, 9.17) is 0 Å². The van der Waals surface area contributed by atoms with Gasteiger partial charge < -0.3 is 15.3 Å². The van der Waals surface area contributed by atoms with Gasteiger partial charge in [-0.3, -0.25) is 9.52 Å². The number of amides is 1. The number of hydrogen-bond acceptors (Lipinski definition) is 7. The van der Waals surface area contributed by atoms with Crippen LogP contribution in [-0.4, -0.2) is 44.8 Å². The summed E-state index contributed by atoms with van der Waals surface area (Å²) in [5.41, 5.74) is 0.602. The van der Waals surface area contributed by atoms with Crippen LogP contribution in [0.3, 0.4) is 0 Å². The third-order valence-corrected chi connectivity index (χ3v) is 9.44. The predicted octanol–water partition coefficient (Wildman–Crippen LogP) is 0.146. The van der Waals surface area contributed by atoms with Crippen LogP contribution in [-0.2, 0) is 31.4 Å². The molecule has 2 fully saturated rings. The fourth-order valence-electron chi connectivity index (χ4n) is 6.05. The van der Waals surface area contributed by atoms with Gasteiger partial charge >= 0.3 is 18.9 Å². The zero-order chi connectivity index (χ0) is 27.0. The number of hydrogen-bond donors (Lipinski definition) is 3. The minimum Gasteiger partial charge on any atom is -0.514 e. The fraction of sp³-hybridized carbons (Fsp3) is 0.320. The zero-order valence-corrected chi connectivity index (χ0v) is 22.8. The van der Waals surface area contributed by atoms with Crippen molar-refractivity contribution < 1.29 is 50.0 Å². The summed E-state index contributed by atoms with van der Waals surface area (Å²) in [6.07, 6.45) is 3.54. The number of benzene rings is 2. The van der Waals surface area contributed by atoms with Gasteiger partial charge in [0.15, 0.2) is 5.84 Å². The van der Waals surface area contributed by atoms with E-state index in [0.29, 0.717) is 5.56 Å². The molecule has 200 valence electrons. The van der Waals surface area contributed by atoms with Gasteiger partial charge in [-0.1, -0.05) is 43.2 Å². The molecule has 2 aromatic rings. The molecule has 39 heavy (non-hydrogen) atoms. The number of fused-ring (bicyclic) bond motifs is 6. The number of nitrogens with one attached hydrogen (secondary N) is 2. The molecule has 1 amide bonds.